The fraction of sp³-hybridized carbons (Fsp3) is 0.167. The number of nitrogens with one attached hydrogen (secondary N) is 2. The SMILES string of the molecule is COc1ccc(NC(=O)CC(=O)NN=Cc2ccccc2OC)cc1. The van der Waals surface area contributed by atoms with Crippen molar-refractivity contribution >= 4 is 23.7 Å². The molecule has 0 aromatic heterocycles. The number of carbonyl (C=O) groups is 2. The lowest BCUT2D eigenvalue weighted by Crippen LogP contribution is -2.24. The molecule has 0 unspecified atom stereocenters. The number of amides is 2. The minimum Gasteiger partial charge on any atom is -0.497 e. The second kappa shape index (κ2) is 9.07. The zero-order valence-electron chi connectivity index (χ0n) is 14.0. The molecule has 2 aromatic carbocycles. The standard InChI is InChI=1S/C18H19N3O4/c1-24-15-9-7-14(8-10-15)20-17(22)11-18(23)21-19-12-13-5-3-4-6-16(13)25-2/h3-10,12H,11H2,1-2H3,(H,20,22)(H,21,23). The summed E-state index contributed by atoms with van der Waals surface area (Å²) in [4.78, 5) is 23.6. The van der Waals surface area contributed by atoms with E-state index in [1.54, 1.807) is 50.6 Å². The van der Waals surface area contributed by atoms with Crippen molar-refractivity contribution in [3.05, 3.63) is 54.1 Å². The number of methoxy groups -OCH3 is 2. The predicted octanol–water partition coefficient (Wildman–Crippen LogP) is 2.18. The Morgan fingerprint density at radius 2 is 1.72 bits per heavy atom. The lowest BCUT2D eigenvalue weighted by atomic mass is 10.2. The van der Waals surface area contributed by atoms with E-state index in [0.29, 0.717) is 22.7 Å². The average molecular weight is 341 g/mol. The molecule has 0 spiro atoms. The summed E-state index contributed by atoms with van der Waals surface area (Å²) in [5, 5.41) is 6.46. The monoisotopic (exact) mass is 341 g/mol. The van der Waals surface area contributed by atoms with Crippen LogP contribution < -0.4 is 20.2 Å². The maximum atomic E-state index is 11.8. The summed E-state index contributed by atoms with van der Waals surface area (Å²) in [6.07, 6.45) is 1.12. The smallest absolute Gasteiger partial charge is 0.249 e. The number of hydrazone groups is 1. The number of nitrogens with zero attached hydrogens (tertiary/aromatic N) is 1. The summed E-state index contributed by atoms with van der Waals surface area (Å²) in [6.45, 7) is 0. The highest BCUT2D eigenvalue weighted by Gasteiger charge is 2.09. The van der Waals surface area contributed by atoms with Crippen LogP contribution in [-0.4, -0.2) is 32.2 Å². The quantitative estimate of drug-likeness (QED) is 0.459. The van der Waals surface area contributed by atoms with E-state index >= 15 is 0 Å². The molecule has 7 heteroatoms. The Bertz CT molecular complexity index is 757. The fourth-order valence-corrected chi connectivity index (χ4v) is 2.01. The van der Waals surface area contributed by atoms with Crippen LogP contribution in [0.2, 0.25) is 0 Å². The van der Waals surface area contributed by atoms with Crippen LogP contribution in [0.4, 0.5) is 5.69 Å². The van der Waals surface area contributed by atoms with Crippen LogP contribution in [0, 0.1) is 0 Å². The zero-order chi connectivity index (χ0) is 18.1. The molecule has 0 aliphatic heterocycles. The number of hydrogen-bond acceptors (Lipinski definition) is 5. The molecule has 2 aromatic rings. The van der Waals surface area contributed by atoms with E-state index in [1.807, 2.05) is 12.1 Å². The molecular formula is C18H19N3O4. The molecule has 0 saturated heterocycles. The van der Waals surface area contributed by atoms with Gasteiger partial charge >= 0.3 is 0 Å². The van der Waals surface area contributed by atoms with E-state index < -0.39 is 11.8 Å². The lowest BCUT2D eigenvalue weighted by Gasteiger charge is -2.06. The Hall–Kier alpha value is -3.35. The number of hydrogen-bond donors (Lipinski definition) is 2. The molecule has 25 heavy (non-hydrogen) atoms. The highest BCUT2D eigenvalue weighted by Crippen LogP contribution is 2.15. The molecule has 130 valence electrons. The van der Waals surface area contributed by atoms with Gasteiger partial charge in [-0.2, -0.15) is 5.10 Å². The largest absolute Gasteiger partial charge is 0.497 e. The Kier molecular flexibility index (Phi) is 6.53. The number of rotatable bonds is 7. The fourth-order valence-electron chi connectivity index (χ4n) is 2.01. The number of anilines is 1. The van der Waals surface area contributed by atoms with Gasteiger partial charge in [0.25, 0.3) is 0 Å². The van der Waals surface area contributed by atoms with Gasteiger partial charge in [-0.05, 0) is 36.4 Å². The maximum Gasteiger partial charge on any atom is 0.249 e. The van der Waals surface area contributed by atoms with Crippen molar-refractivity contribution in [1.29, 1.82) is 0 Å². The number of ether oxygens (including phenoxy) is 2. The van der Waals surface area contributed by atoms with E-state index in [0.717, 1.165) is 0 Å². The lowest BCUT2D eigenvalue weighted by molar-refractivity contribution is -0.126. The number of carbonyl (C=O) groups excluding carboxylic acids is 2. The molecule has 0 aliphatic rings. The van der Waals surface area contributed by atoms with Crippen molar-refractivity contribution < 1.29 is 19.1 Å². The van der Waals surface area contributed by atoms with Crippen molar-refractivity contribution in [3.63, 3.8) is 0 Å². The average Bonchev–Trinajstić information content (AvgIpc) is 2.62. The summed E-state index contributed by atoms with van der Waals surface area (Å²) >= 11 is 0. The second-order valence-electron chi connectivity index (χ2n) is 4.99. The first-order valence-electron chi connectivity index (χ1n) is 7.51. The Labute approximate surface area is 145 Å². The highest BCUT2D eigenvalue weighted by molar-refractivity contribution is 6.03. The molecule has 0 heterocycles. The van der Waals surface area contributed by atoms with Gasteiger partial charge in [0, 0.05) is 11.3 Å². The van der Waals surface area contributed by atoms with Crippen LogP contribution in [0.1, 0.15) is 12.0 Å². The number of benzene rings is 2. The predicted molar refractivity (Wildman–Crippen MR) is 95.0 cm³/mol. The van der Waals surface area contributed by atoms with Gasteiger partial charge in [0.1, 0.15) is 17.9 Å². The maximum absolute atomic E-state index is 11.8. The van der Waals surface area contributed by atoms with E-state index in [2.05, 4.69) is 15.8 Å². The summed E-state index contributed by atoms with van der Waals surface area (Å²) in [6, 6.07) is 14.0. The third-order valence-electron chi connectivity index (χ3n) is 3.23. The van der Waals surface area contributed by atoms with Crippen LogP contribution in [0.3, 0.4) is 0 Å². The third kappa shape index (κ3) is 5.65. The first-order valence-corrected chi connectivity index (χ1v) is 7.51. The Morgan fingerprint density at radius 3 is 2.40 bits per heavy atom. The zero-order valence-corrected chi connectivity index (χ0v) is 14.0. The molecule has 7 nitrogen and oxygen atoms in total. The molecule has 0 radical (unpaired) electrons. The molecule has 0 bridgehead atoms. The molecule has 2 rings (SSSR count). The summed E-state index contributed by atoms with van der Waals surface area (Å²) in [7, 11) is 3.11. The van der Waals surface area contributed by atoms with Crippen LogP contribution in [0.15, 0.2) is 53.6 Å². The summed E-state index contributed by atoms with van der Waals surface area (Å²) in [5.41, 5.74) is 3.61. The molecular weight excluding hydrogens is 322 g/mol. The molecule has 0 atom stereocenters. The van der Waals surface area contributed by atoms with Gasteiger partial charge in [-0.3, -0.25) is 9.59 Å². The Balaban J connectivity index is 1.82. The minimum absolute atomic E-state index is 0.338. The first-order chi connectivity index (χ1) is 12.1. The van der Waals surface area contributed by atoms with Crippen LogP contribution in [-0.2, 0) is 9.59 Å². The van der Waals surface area contributed by atoms with Gasteiger partial charge in [-0.1, -0.05) is 12.1 Å². The van der Waals surface area contributed by atoms with Crippen molar-refractivity contribution in [1.82, 2.24) is 5.43 Å². The van der Waals surface area contributed by atoms with E-state index in [-0.39, 0.29) is 6.42 Å². The van der Waals surface area contributed by atoms with Gasteiger partial charge in [0.05, 0.1) is 20.4 Å². The van der Waals surface area contributed by atoms with Gasteiger partial charge in [0.15, 0.2) is 0 Å². The van der Waals surface area contributed by atoms with Crippen LogP contribution in [0.25, 0.3) is 0 Å². The molecule has 0 aliphatic carbocycles. The highest BCUT2D eigenvalue weighted by atomic mass is 16.5. The van der Waals surface area contributed by atoms with Crippen LogP contribution >= 0.6 is 0 Å². The first kappa shape index (κ1) is 18.0. The number of para-hydroxylation sites is 1. The molecule has 0 fully saturated rings. The third-order valence-corrected chi connectivity index (χ3v) is 3.23. The van der Waals surface area contributed by atoms with Gasteiger partial charge in [-0.25, -0.2) is 5.43 Å². The van der Waals surface area contributed by atoms with Crippen LogP contribution in [0.5, 0.6) is 11.5 Å². The van der Waals surface area contributed by atoms with Crippen molar-refractivity contribution in [2.24, 2.45) is 5.10 Å². The van der Waals surface area contributed by atoms with Gasteiger partial charge in [0.2, 0.25) is 11.8 Å². The van der Waals surface area contributed by atoms with E-state index in [1.165, 1.54) is 6.21 Å². The summed E-state index contributed by atoms with van der Waals surface area (Å²) in [5.74, 6) is 0.367. The molecule has 2 N–H and O–H groups in total. The molecule has 0 saturated carbocycles. The topological polar surface area (TPSA) is 89.0 Å². The van der Waals surface area contributed by atoms with Crippen molar-refractivity contribution in [3.8, 4) is 11.5 Å². The van der Waals surface area contributed by atoms with E-state index in [4.69, 9.17) is 9.47 Å². The minimum atomic E-state index is -0.517. The molecule has 2 amide bonds. The Morgan fingerprint density at radius 1 is 1.00 bits per heavy atom. The van der Waals surface area contributed by atoms with Gasteiger partial charge in [-0.15, -0.1) is 0 Å². The van der Waals surface area contributed by atoms with E-state index in [9.17, 15) is 9.59 Å². The van der Waals surface area contributed by atoms with Crippen molar-refractivity contribution in [2.75, 3.05) is 19.5 Å². The van der Waals surface area contributed by atoms with Crippen molar-refractivity contribution in [2.45, 2.75) is 6.42 Å². The normalized spacial score (nSPS) is 10.3. The van der Waals surface area contributed by atoms with Gasteiger partial charge < -0.3 is 14.8 Å². The summed E-state index contributed by atoms with van der Waals surface area (Å²) < 4.78 is 10.2. The second-order valence-corrected chi connectivity index (χ2v) is 4.99.